The molecule has 0 spiro atoms. The molecule has 0 atom stereocenters. The van der Waals surface area contributed by atoms with Crippen molar-refractivity contribution in [1.29, 1.82) is 0 Å². The average Bonchev–Trinajstić information content (AvgIpc) is 2.72. The number of amides is 1. The Morgan fingerprint density at radius 3 is 2.56 bits per heavy atom. The summed E-state index contributed by atoms with van der Waals surface area (Å²) in [7, 11) is 1.58. The number of rotatable bonds is 6. The van der Waals surface area contributed by atoms with Crippen LogP contribution in [0.25, 0.3) is 11.1 Å². The molecule has 7 nitrogen and oxygen atoms in total. The second-order valence-electron chi connectivity index (χ2n) is 6.32. The molecule has 1 fully saturated rings. The molecule has 0 aliphatic carbocycles. The lowest BCUT2D eigenvalue weighted by Crippen LogP contribution is -2.49. The number of halogens is 1. The molecule has 1 amide bonds. The van der Waals surface area contributed by atoms with Gasteiger partial charge in [0, 0.05) is 62.4 Å². The fourth-order valence-corrected chi connectivity index (χ4v) is 3.05. The summed E-state index contributed by atoms with van der Waals surface area (Å²) in [5, 5.41) is 9.20. The molecule has 0 unspecified atom stereocenters. The van der Waals surface area contributed by atoms with Crippen LogP contribution in [0.2, 0.25) is 0 Å². The quantitative estimate of drug-likeness (QED) is 0.825. The highest BCUT2D eigenvalue weighted by Gasteiger charge is 2.22. The van der Waals surface area contributed by atoms with Gasteiger partial charge in [-0.15, -0.1) is 0 Å². The van der Waals surface area contributed by atoms with E-state index in [1.54, 1.807) is 37.7 Å². The van der Waals surface area contributed by atoms with Crippen LogP contribution in [0.3, 0.4) is 0 Å². The van der Waals surface area contributed by atoms with Crippen molar-refractivity contribution in [3.8, 4) is 11.1 Å². The Balaban J connectivity index is 1.64. The van der Waals surface area contributed by atoms with E-state index in [2.05, 4.69) is 9.97 Å². The van der Waals surface area contributed by atoms with Gasteiger partial charge in [-0.25, -0.2) is 14.4 Å². The van der Waals surface area contributed by atoms with Crippen LogP contribution in [0.15, 0.2) is 30.6 Å². The number of aromatic nitrogens is 2. The smallest absolute Gasteiger partial charge is 0.225 e. The third-order valence-electron chi connectivity index (χ3n) is 4.63. The van der Waals surface area contributed by atoms with Gasteiger partial charge in [0.15, 0.2) is 0 Å². The molecule has 144 valence electrons. The Kier molecular flexibility index (Phi) is 6.31. The first kappa shape index (κ1) is 19.2. The van der Waals surface area contributed by atoms with Gasteiger partial charge < -0.3 is 19.6 Å². The van der Waals surface area contributed by atoms with Gasteiger partial charge in [0.05, 0.1) is 19.6 Å². The van der Waals surface area contributed by atoms with Gasteiger partial charge in [-0.3, -0.25) is 4.79 Å². The number of ether oxygens (including phenoxy) is 1. The minimum atomic E-state index is -0.459. The monoisotopic (exact) mass is 374 g/mol. The minimum absolute atomic E-state index is 0.0898. The lowest BCUT2D eigenvalue weighted by Gasteiger charge is -2.34. The van der Waals surface area contributed by atoms with E-state index in [-0.39, 0.29) is 18.1 Å². The molecule has 1 aliphatic rings. The van der Waals surface area contributed by atoms with Gasteiger partial charge in [-0.1, -0.05) is 18.2 Å². The van der Waals surface area contributed by atoms with E-state index in [1.807, 2.05) is 9.80 Å². The zero-order valence-corrected chi connectivity index (χ0v) is 15.3. The Hall–Kier alpha value is -2.58. The highest BCUT2D eigenvalue weighted by Crippen LogP contribution is 2.25. The normalized spacial score (nSPS) is 14.5. The molecule has 1 N–H and O–H groups in total. The Bertz CT molecular complexity index is 777. The third kappa shape index (κ3) is 4.40. The van der Waals surface area contributed by atoms with Crippen LogP contribution in [0, 0.1) is 5.82 Å². The first-order valence-corrected chi connectivity index (χ1v) is 8.86. The van der Waals surface area contributed by atoms with Gasteiger partial charge >= 0.3 is 0 Å². The molecule has 1 aliphatic heterocycles. The number of hydrogen-bond acceptors (Lipinski definition) is 6. The maximum absolute atomic E-state index is 14.3. The molecule has 1 aromatic heterocycles. The summed E-state index contributed by atoms with van der Waals surface area (Å²) in [6.45, 7) is 2.59. The van der Waals surface area contributed by atoms with E-state index >= 15 is 0 Å². The number of anilines is 1. The summed E-state index contributed by atoms with van der Waals surface area (Å²) in [6.07, 6.45) is 3.55. The fourth-order valence-electron chi connectivity index (χ4n) is 3.05. The molecule has 2 heterocycles. The van der Waals surface area contributed by atoms with Crippen molar-refractivity contribution >= 4 is 11.9 Å². The number of carbonyl (C=O) groups excluding carboxylic acids is 1. The van der Waals surface area contributed by atoms with Crippen LogP contribution in [-0.4, -0.2) is 65.8 Å². The zero-order chi connectivity index (χ0) is 19.2. The number of hydrogen-bond donors (Lipinski definition) is 1. The molecule has 3 rings (SSSR count). The number of aliphatic hydroxyl groups excluding tert-OH is 1. The predicted octanol–water partition coefficient (Wildman–Crippen LogP) is 1.46. The molecule has 0 bridgehead atoms. The lowest BCUT2D eigenvalue weighted by atomic mass is 10.1. The van der Waals surface area contributed by atoms with Crippen LogP contribution >= 0.6 is 0 Å². The van der Waals surface area contributed by atoms with Crippen molar-refractivity contribution in [1.82, 2.24) is 14.9 Å². The average molecular weight is 374 g/mol. The summed E-state index contributed by atoms with van der Waals surface area (Å²) in [5.74, 6) is 0.188. The number of piperazine rings is 1. The van der Waals surface area contributed by atoms with Gasteiger partial charge in [-0.05, 0) is 0 Å². The number of aliphatic hydroxyl groups is 1. The summed E-state index contributed by atoms with van der Waals surface area (Å²) >= 11 is 0. The summed E-state index contributed by atoms with van der Waals surface area (Å²) < 4.78 is 19.3. The third-order valence-corrected chi connectivity index (χ3v) is 4.63. The van der Waals surface area contributed by atoms with Gasteiger partial charge in [0.1, 0.15) is 5.82 Å². The fraction of sp³-hybridized carbons (Fsp3) is 0.421. The van der Waals surface area contributed by atoms with Crippen molar-refractivity contribution in [3.63, 3.8) is 0 Å². The summed E-state index contributed by atoms with van der Waals surface area (Å²) in [5.41, 5.74) is 1.16. The topological polar surface area (TPSA) is 78.8 Å². The van der Waals surface area contributed by atoms with Gasteiger partial charge in [0.25, 0.3) is 0 Å². The SMILES string of the molecule is COCCC(=O)N1CCN(c2ncc(-c3cccc(CO)c3F)cn2)CC1. The predicted molar refractivity (Wildman–Crippen MR) is 98.6 cm³/mol. The molecule has 2 aromatic rings. The molecular formula is C19H23FN4O3. The second kappa shape index (κ2) is 8.88. The first-order chi connectivity index (χ1) is 13.1. The summed E-state index contributed by atoms with van der Waals surface area (Å²) in [6, 6.07) is 4.87. The Labute approximate surface area is 157 Å². The van der Waals surface area contributed by atoms with E-state index in [0.717, 1.165) is 0 Å². The maximum Gasteiger partial charge on any atom is 0.225 e. The van der Waals surface area contributed by atoms with Crippen molar-refractivity contribution in [3.05, 3.63) is 42.0 Å². The van der Waals surface area contributed by atoms with Crippen LogP contribution in [0.4, 0.5) is 10.3 Å². The number of benzene rings is 1. The van der Waals surface area contributed by atoms with E-state index < -0.39 is 5.82 Å². The molecule has 1 saturated heterocycles. The zero-order valence-electron chi connectivity index (χ0n) is 15.3. The first-order valence-electron chi connectivity index (χ1n) is 8.86. The van der Waals surface area contributed by atoms with Crippen molar-refractivity contribution < 1.29 is 19.0 Å². The maximum atomic E-state index is 14.3. The molecule has 0 saturated carbocycles. The van der Waals surface area contributed by atoms with E-state index in [9.17, 15) is 14.3 Å². The van der Waals surface area contributed by atoms with Crippen molar-refractivity contribution in [2.75, 3.05) is 44.8 Å². The van der Waals surface area contributed by atoms with E-state index in [4.69, 9.17) is 4.74 Å². The minimum Gasteiger partial charge on any atom is -0.392 e. The second-order valence-corrected chi connectivity index (χ2v) is 6.32. The lowest BCUT2D eigenvalue weighted by molar-refractivity contribution is -0.132. The molecule has 1 aromatic carbocycles. The number of methoxy groups -OCH3 is 1. The van der Waals surface area contributed by atoms with Crippen molar-refractivity contribution in [2.24, 2.45) is 0 Å². The van der Waals surface area contributed by atoms with Gasteiger partial charge in [-0.2, -0.15) is 0 Å². The molecule has 0 radical (unpaired) electrons. The Morgan fingerprint density at radius 2 is 1.93 bits per heavy atom. The van der Waals surface area contributed by atoms with E-state index in [0.29, 0.717) is 56.3 Å². The highest BCUT2D eigenvalue weighted by molar-refractivity contribution is 5.76. The van der Waals surface area contributed by atoms with Crippen LogP contribution < -0.4 is 4.90 Å². The van der Waals surface area contributed by atoms with Crippen molar-refractivity contribution in [2.45, 2.75) is 13.0 Å². The Morgan fingerprint density at radius 1 is 1.22 bits per heavy atom. The number of carbonyl (C=O) groups is 1. The molecular weight excluding hydrogens is 351 g/mol. The molecule has 27 heavy (non-hydrogen) atoms. The van der Waals surface area contributed by atoms with Crippen LogP contribution in [0.5, 0.6) is 0 Å². The number of nitrogens with zero attached hydrogens (tertiary/aromatic N) is 4. The highest BCUT2D eigenvalue weighted by atomic mass is 19.1. The summed E-state index contributed by atoms with van der Waals surface area (Å²) in [4.78, 5) is 24.6. The van der Waals surface area contributed by atoms with E-state index in [1.165, 1.54) is 0 Å². The standard InChI is InChI=1S/C19H23FN4O3/c1-27-10-5-17(26)23-6-8-24(9-7-23)19-21-11-15(12-22-19)16-4-2-3-14(13-25)18(16)20/h2-4,11-12,25H,5-10,13H2,1H3. The largest absolute Gasteiger partial charge is 0.392 e. The van der Waals surface area contributed by atoms with Crippen LogP contribution in [-0.2, 0) is 16.1 Å². The van der Waals surface area contributed by atoms with Gasteiger partial charge in [0.2, 0.25) is 11.9 Å². The van der Waals surface area contributed by atoms with Crippen LogP contribution in [0.1, 0.15) is 12.0 Å². The molecule has 8 heteroatoms.